The van der Waals surface area contributed by atoms with Crippen LogP contribution in [-0.4, -0.2) is 19.7 Å². The first kappa shape index (κ1) is 14.8. The Labute approximate surface area is 113 Å². The van der Waals surface area contributed by atoms with Crippen molar-refractivity contribution in [2.75, 3.05) is 0 Å². The van der Waals surface area contributed by atoms with Crippen molar-refractivity contribution in [3.8, 4) is 0 Å². The quantitative estimate of drug-likeness (QED) is 0.576. The summed E-state index contributed by atoms with van der Waals surface area (Å²) >= 11 is 4.95. The number of hydrogen-bond donors (Lipinski definition) is 0. The minimum absolute atomic E-state index is 0.133. The van der Waals surface area contributed by atoms with Gasteiger partial charge in [0.2, 0.25) is 0 Å². The van der Waals surface area contributed by atoms with Crippen LogP contribution >= 0.6 is 11.6 Å². The number of halogens is 1. The van der Waals surface area contributed by atoms with Gasteiger partial charge in [-0.1, -0.05) is 0 Å². The Morgan fingerprint density at radius 1 is 1.35 bits per heavy atom. The molecule has 0 amide bonds. The van der Waals surface area contributed by atoms with E-state index in [4.69, 9.17) is 11.6 Å². The van der Waals surface area contributed by atoms with E-state index >= 15 is 0 Å². The summed E-state index contributed by atoms with van der Waals surface area (Å²) in [6.07, 6.45) is 0. The zero-order valence-corrected chi connectivity index (χ0v) is 13.6. The Hall–Kier alpha value is -0.301. The van der Waals surface area contributed by atoms with E-state index in [1.807, 2.05) is 12.1 Å². The molecule has 1 nitrogen and oxygen atoms in total. The SMILES string of the molecule is CC(C(=O)c1cccc(Cl)c1)[Se+](C)C(C)(C)C. The van der Waals surface area contributed by atoms with Crippen LogP contribution in [0.25, 0.3) is 0 Å². The summed E-state index contributed by atoms with van der Waals surface area (Å²) < 4.78 is 0.258. The van der Waals surface area contributed by atoms with Crippen LogP contribution in [0.4, 0.5) is 0 Å². The molecule has 1 aromatic carbocycles. The molecular formula is C14H20ClOSe+. The Morgan fingerprint density at radius 2 is 1.94 bits per heavy atom. The third-order valence-electron chi connectivity index (χ3n) is 2.97. The monoisotopic (exact) mass is 319 g/mol. The summed E-state index contributed by atoms with van der Waals surface area (Å²) in [7, 11) is 0. The Bertz CT molecular complexity index is 409. The molecule has 0 saturated heterocycles. The number of rotatable bonds is 3. The number of carbonyl (C=O) groups excluding carboxylic acids is 1. The average Bonchev–Trinajstić information content (AvgIpc) is 2.25. The molecule has 1 aromatic rings. The van der Waals surface area contributed by atoms with Crippen molar-refractivity contribution >= 4 is 31.3 Å². The maximum atomic E-state index is 12.4. The van der Waals surface area contributed by atoms with Crippen LogP contribution in [0.5, 0.6) is 0 Å². The van der Waals surface area contributed by atoms with E-state index in [-0.39, 0.29) is 14.9 Å². The molecule has 0 fully saturated rings. The topological polar surface area (TPSA) is 17.1 Å². The van der Waals surface area contributed by atoms with Gasteiger partial charge in [0.15, 0.2) is 0 Å². The molecule has 17 heavy (non-hydrogen) atoms. The normalized spacial score (nSPS) is 15.4. The molecule has 2 unspecified atom stereocenters. The number of Topliss-reactive ketones (excluding diaryl/α,β-unsaturated/α-hetero) is 1. The molecule has 0 aliphatic heterocycles. The van der Waals surface area contributed by atoms with Gasteiger partial charge in [-0.3, -0.25) is 0 Å². The van der Waals surface area contributed by atoms with Crippen LogP contribution in [0.3, 0.4) is 0 Å². The number of hydrogen-bond acceptors (Lipinski definition) is 1. The van der Waals surface area contributed by atoms with Crippen LogP contribution in [0.15, 0.2) is 24.3 Å². The summed E-state index contributed by atoms with van der Waals surface area (Å²) in [6, 6.07) is 7.25. The molecule has 0 radical (unpaired) electrons. The van der Waals surface area contributed by atoms with Crippen LogP contribution in [0.2, 0.25) is 20.0 Å². The van der Waals surface area contributed by atoms with Crippen molar-refractivity contribution in [3.05, 3.63) is 34.9 Å². The van der Waals surface area contributed by atoms with Crippen LogP contribution in [0.1, 0.15) is 38.1 Å². The zero-order chi connectivity index (χ0) is 13.2. The van der Waals surface area contributed by atoms with Crippen LogP contribution in [-0.2, 0) is 0 Å². The first-order chi connectivity index (χ1) is 7.73. The molecule has 0 aliphatic rings. The van der Waals surface area contributed by atoms with Gasteiger partial charge in [0.05, 0.1) is 0 Å². The molecule has 0 spiro atoms. The molecule has 3 heteroatoms. The van der Waals surface area contributed by atoms with Crippen molar-refractivity contribution in [1.29, 1.82) is 0 Å². The molecule has 0 heterocycles. The fourth-order valence-corrected chi connectivity index (χ4v) is 4.94. The van der Waals surface area contributed by atoms with Gasteiger partial charge in [-0.05, 0) is 0 Å². The molecule has 0 saturated carbocycles. The van der Waals surface area contributed by atoms with Gasteiger partial charge in [0.25, 0.3) is 0 Å². The Balaban J connectivity index is 2.91. The summed E-state index contributed by atoms with van der Waals surface area (Å²) in [5.41, 5.74) is 0.741. The first-order valence-electron chi connectivity index (χ1n) is 5.68. The van der Waals surface area contributed by atoms with E-state index < -0.39 is 13.9 Å². The average molecular weight is 319 g/mol. The summed E-state index contributed by atoms with van der Waals surface area (Å²) in [5.74, 6) is 2.49. The van der Waals surface area contributed by atoms with Gasteiger partial charge < -0.3 is 0 Å². The Morgan fingerprint density at radius 3 is 2.41 bits per heavy atom. The van der Waals surface area contributed by atoms with Crippen molar-refractivity contribution in [2.24, 2.45) is 0 Å². The van der Waals surface area contributed by atoms with E-state index in [0.29, 0.717) is 5.02 Å². The molecule has 0 aromatic heterocycles. The standard InChI is InChI=1S/C14H20ClOSe/c1-10(17(5)14(2,3)4)13(16)11-7-6-8-12(15)9-11/h6-10H,1-5H3/q+1. The molecule has 1 rings (SSSR count). The second kappa shape index (κ2) is 5.56. The maximum absolute atomic E-state index is 12.4. The van der Waals surface area contributed by atoms with Crippen molar-refractivity contribution in [2.45, 2.75) is 42.6 Å². The summed E-state index contributed by atoms with van der Waals surface area (Å²) in [6.45, 7) is 8.72. The van der Waals surface area contributed by atoms with E-state index in [9.17, 15) is 4.79 Å². The third-order valence-corrected chi connectivity index (χ3v) is 9.94. The van der Waals surface area contributed by atoms with Gasteiger partial charge in [-0.25, -0.2) is 0 Å². The summed E-state index contributed by atoms with van der Waals surface area (Å²) in [4.78, 5) is 12.5. The zero-order valence-electron chi connectivity index (χ0n) is 11.1. The molecule has 0 N–H and O–H groups in total. The fraction of sp³-hybridized carbons (Fsp3) is 0.500. The van der Waals surface area contributed by atoms with Crippen molar-refractivity contribution in [3.63, 3.8) is 0 Å². The van der Waals surface area contributed by atoms with E-state index in [1.165, 1.54) is 0 Å². The second-order valence-electron chi connectivity index (χ2n) is 5.19. The molecule has 2 atom stereocenters. The Kier molecular flexibility index (Phi) is 4.83. The molecular weight excluding hydrogens is 299 g/mol. The van der Waals surface area contributed by atoms with Gasteiger partial charge in [0.1, 0.15) is 0 Å². The van der Waals surface area contributed by atoms with E-state index in [2.05, 4.69) is 33.5 Å². The third kappa shape index (κ3) is 3.84. The van der Waals surface area contributed by atoms with Crippen LogP contribution in [0, 0.1) is 0 Å². The molecule has 94 valence electrons. The van der Waals surface area contributed by atoms with Crippen molar-refractivity contribution in [1.82, 2.24) is 0 Å². The minimum atomic E-state index is -0.976. The van der Waals surface area contributed by atoms with Gasteiger partial charge in [0, 0.05) is 0 Å². The number of benzene rings is 1. The number of ketones is 1. The van der Waals surface area contributed by atoms with E-state index in [0.717, 1.165) is 5.56 Å². The fourth-order valence-electron chi connectivity index (χ4n) is 1.57. The second-order valence-corrected chi connectivity index (χ2v) is 12.0. The number of carbonyl (C=O) groups is 1. The van der Waals surface area contributed by atoms with E-state index in [1.54, 1.807) is 12.1 Å². The predicted octanol–water partition coefficient (Wildman–Crippen LogP) is 4.84. The molecule has 0 aliphatic carbocycles. The van der Waals surface area contributed by atoms with Crippen LogP contribution < -0.4 is 0 Å². The summed E-state index contributed by atoms with van der Waals surface area (Å²) in [5, 5.41) is 0.631. The first-order valence-corrected chi connectivity index (χ1v) is 9.62. The van der Waals surface area contributed by atoms with Gasteiger partial charge >= 0.3 is 114 Å². The van der Waals surface area contributed by atoms with Gasteiger partial charge in [-0.15, -0.1) is 0 Å². The molecule has 0 bridgehead atoms. The van der Waals surface area contributed by atoms with Crippen molar-refractivity contribution < 1.29 is 4.79 Å². The van der Waals surface area contributed by atoms with Gasteiger partial charge in [-0.2, -0.15) is 0 Å². The predicted molar refractivity (Wildman–Crippen MR) is 76.5 cm³/mol.